The first-order chi connectivity index (χ1) is 13.4. The van der Waals surface area contributed by atoms with Crippen molar-refractivity contribution in [2.45, 2.75) is 31.9 Å². The monoisotopic (exact) mass is 386 g/mol. The molecule has 1 fully saturated rings. The van der Waals surface area contributed by atoms with Crippen LogP contribution in [0.5, 0.6) is 0 Å². The summed E-state index contributed by atoms with van der Waals surface area (Å²) < 4.78 is 10.7. The number of amides is 2. The summed E-state index contributed by atoms with van der Waals surface area (Å²) in [6.45, 7) is 5.12. The Morgan fingerprint density at radius 3 is 2.89 bits per heavy atom. The highest BCUT2D eigenvalue weighted by Gasteiger charge is 2.32. The minimum Gasteiger partial charge on any atom is -0.381 e. The average Bonchev–Trinajstić information content (AvgIpc) is 3.20. The molecule has 0 bridgehead atoms. The first-order valence-electron chi connectivity index (χ1n) is 9.31. The number of ether oxygens (including phenoxy) is 2. The Kier molecular flexibility index (Phi) is 6.21. The third kappa shape index (κ3) is 4.82. The predicted octanol–water partition coefficient (Wildman–Crippen LogP) is 1.31. The number of carbonyl (C=O) groups is 2. The normalized spacial score (nSPS) is 18.0. The van der Waals surface area contributed by atoms with Gasteiger partial charge in [-0.25, -0.2) is 4.98 Å². The number of hydrogen-bond acceptors (Lipinski definition) is 6. The van der Waals surface area contributed by atoms with Gasteiger partial charge < -0.3 is 20.1 Å². The van der Waals surface area contributed by atoms with E-state index in [1.54, 1.807) is 18.5 Å². The molecule has 3 heterocycles. The quantitative estimate of drug-likeness (QED) is 0.744. The van der Waals surface area contributed by atoms with E-state index in [-0.39, 0.29) is 24.3 Å². The summed E-state index contributed by atoms with van der Waals surface area (Å²) >= 11 is 0. The zero-order valence-corrected chi connectivity index (χ0v) is 16.4. The molecule has 1 aliphatic rings. The number of nitrogens with one attached hydrogen (secondary N) is 2. The van der Waals surface area contributed by atoms with E-state index in [2.05, 4.69) is 20.6 Å². The van der Waals surface area contributed by atoms with Gasteiger partial charge in [-0.1, -0.05) is 6.07 Å². The molecule has 0 radical (unpaired) electrons. The molecule has 0 aromatic carbocycles. The number of hydrogen-bond donors (Lipinski definition) is 2. The van der Waals surface area contributed by atoms with Gasteiger partial charge in [0.25, 0.3) is 5.91 Å². The second kappa shape index (κ2) is 8.62. The fourth-order valence-corrected chi connectivity index (χ4v) is 3.22. The fraction of sp³-hybridized carbons (Fsp3) is 0.500. The van der Waals surface area contributed by atoms with E-state index in [1.807, 2.05) is 26.0 Å². The molecule has 2 N–H and O–H groups in total. The third-order valence-corrected chi connectivity index (χ3v) is 4.79. The molecule has 2 amide bonds. The van der Waals surface area contributed by atoms with E-state index in [1.165, 1.54) is 7.11 Å². The molecule has 8 heteroatoms. The van der Waals surface area contributed by atoms with Crippen molar-refractivity contribution < 1.29 is 19.1 Å². The number of nitrogens with zero attached hydrogens (tertiary/aromatic N) is 2. The Balaban J connectivity index is 1.58. The smallest absolute Gasteiger partial charge is 0.270 e. The highest BCUT2D eigenvalue weighted by molar-refractivity contribution is 5.95. The zero-order chi connectivity index (χ0) is 20.1. The Labute approximate surface area is 164 Å². The number of aromatic nitrogens is 2. The number of fused-ring (bicyclic) bond motifs is 1. The summed E-state index contributed by atoms with van der Waals surface area (Å²) in [4.78, 5) is 33.5. The van der Waals surface area contributed by atoms with E-state index >= 15 is 0 Å². The van der Waals surface area contributed by atoms with Crippen molar-refractivity contribution in [2.75, 3.05) is 26.9 Å². The lowest BCUT2D eigenvalue weighted by Gasteiger charge is -2.28. The maximum absolute atomic E-state index is 12.6. The molecule has 0 spiro atoms. The summed E-state index contributed by atoms with van der Waals surface area (Å²) in [6.07, 6.45) is 3.55. The minimum absolute atomic E-state index is 0.0538. The molecule has 1 saturated heterocycles. The van der Waals surface area contributed by atoms with Crippen LogP contribution in [0.15, 0.2) is 30.6 Å². The van der Waals surface area contributed by atoms with Crippen molar-refractivity contribution in [1.29, 1.82) is 0 Å². The fourth-order valence-electron chi connectivity index (χ4n) is 3.22. The maximum Gasteiger partial charge on any atom is 0.270 e. The van der Waals surface area contributed by atoms with Crippen LogP contribution in [-0.4, -0.2) is 60.3 Å². The third-order valence-electron chi connectivity index (χ3n) is 4.79. The number of rotatable bonds is 7. The summed E-state index contributed by atoms with van der Waals surface area (Å²) in [7, 11) is 1.52. The molecule has 0 aliphatic carbocycles. The van der Waals surface area contributed by atoms with Gasteiger partial charge in [-0.05, 0) is 32.4 Å². The summed E-state index contributed by atoms with van der Waals surface area (Å²) in [5.74, 6) is -0.453. The molecule has 2 aromatic rings. The molecule has 8 nitrogen and oxygen atoms in total. The first-order valence-corrected chi connectivity index (χ1v) is 9.31. The van der Waals surface area contributed by atoms with Gasteiger partial charge in [-0.15, -0.1) is 0 Å². The van der Waals surface area contributed by atoms with Crippen molar-refractivity contribution in [1.82, 2.24) is 20.6 Å². The molecular weight excluding hydrogens is 360 g/mol. The summed E-state index contributed by atoms with van der Waals surface area (Å²) in [5, 5.41) is 6.71. The molecule has 2 atom stereocenters. The van der Waals surface area contributed by atoms with Crippen LogP contribution in [-0.2, 0) is 14.3 Å². The van der Waals surface area contributed by atoms with Crippen LogP contribution < -0.4 is 10.6 Å². The van der Waals surface area contributed by atoms with Crippen LogP contribution in [0.1, 0.15) is 30.8 Å². The molecule has 1 aliphatic heterocycles. The standard InChI is InChI=1S/C20H26N4O4/c1-20(2,12-22-19(26)17(27-3)14-7-9-28-11-14)24-18(25)15-5-4-13-6-8-21-10-16(13)23-15/h4-6,8,10,14,17H,7,9,11-12H2,1-3H3,(H,22,26)(H,24,25). The van der Waals surface area contributed by atoms with Crippen LogP contribution >= 0.6 is 0 Å². The second-order valence-corrected chi connectivity index (χ2v) is 7.60. The lowest BCUT2D eigenvalue weighted by molar-refractivity contribution is -0.134. The van der Waals surface area contributed by atoms with Crippen molar-refractivity contribution in [3.63, 3.8) is 0 Å². The van der Waals surface area contributed by atoms with Crippen LogP contribution in [0.25, 0.3) is 10.9 Å². The van der Waals surface area contributed by atoms with Gasteiger partial charge >= 0.3 is 0 Å². The van der Waals surface area contributed by atoms with Gasteiger partial charge in [0, 0.05) is 37.8 Å². The predicted molar refractivity (Wildman–Crippen MR) is 104 cm³/mol. The molecule has 2 aromatic heterocycles. The Morgan fingerprint density at radius 2 is 2.18 bits per heavy atom. The summed E-state index contributed by atoms with van der Waals surface area (Å²) in [5.41, 5.74) is 0.295. The lowest BCUT2D eigenvalue weighted by Crippen LogP contribution is -2.53. The van der Waals surface area contributed by atoms with Crippen LogP contribution in [0.2, 0.25) is 0 Å². The molecule has 2 unspecified atom stereocenters. The van der Waals surface area contributed by atoms with E-state index in [4.69, 9.17) is 9.47 Å². The molecule has 150 valence electrons. The number of carbonyl (C=O) groups excluding carboxylic acids is 2. The van der Waals surface area contributed by atoms with Gasteiger partial charge in [0.05, 0.1) is 23.9 Å². The molecular formula is C20H26N4O4. The van der Waals surface area contributed by atoms with E-state index in [0.29, 0.717) is 24.4 Å². The van der Waals surface area contributed by atoms with Crippen LogP contribution in [0.3, 0.4) is 0 Å². The number of methoxy groups -OCH3 is 1. The van der Waals surface area contributed by atoms with E-state index < -0.39 is 11.6 Å². The van der Waals surface area contributed by atoms with Gasteiger partial charge in [0.2, 0.25) is 5.91 Å². The Hall–Kier alpha value is -2.58. The van der Waals surface area contributed by atoms with Crippen LogP contribution in [0, 0.1) is 5.92 Å². The Morgan fingerprint density at radius 1 is 1.36 bits per heavy atom. The van der Waals surface area contributed by atoms with E-state index in [0.717, 1.165) is 11.8 Å². The highest BCUT2D eigenvalue weighted by atomic mass is 16.5. The van der Waals surface area contributed by atoms with Crippen molar-refractivity contribution in [2.24, 2.45) is 5.92 Å². The lowest BCUT2D eigenvalue weighted by atomic mass is 10.00. The van der Waals surface area contributed by atoms with Gasteiger partial charge in [0.1, 0.15) is 11.8 Å². The largest absolute Gasteiger partial charge is 0.381 e. The van der Waals surface area contributed by atoms with Crippen molar-refractivity contribution in [3.8, 4) is 0 Å². The SMILES string of the molecule is COC(C(=O)NCC(C)(C)NC(=O)c1ccc2ccncc2n1)C1CCOC1. The first kappa shape index (κ1) is 20.2. The highest BCUT2D eigenvalue weighted by Crippen LogP contribution is 2.19. The zero-order valence-electron chi connectivity index (χ0n) is 16.4. The maximum atomic E-state index is 12.6. The van der Waals surface area contributed by atoms with Crippen molar-refractivity contribution in [3.05, 3.63) is 36.3 Å². The topological polar surface area (TPSA) is 102 Å². The van der Waals surface area contributed by atoms with Crippen LogP contribution in [0.4, 0.5) is 0 Å². The molecule has 3 rings (SSSR count). The number of pyridine rings is 2. The van der Waals surface area contributed by atoms with Gasteiger partial charge in [-0.3, -0.25) is 14.6 Å². The van der Waals surface area contributed by atoms with E-state index in [9.17, 15) is 9.59 Å². The minimum atomic E-state index is -0.664. The molecule has 0 saturated carbocycles. The second-order valence-electron chi connectivity index (χ2n) is 7.60. The molecule has 28 heavy (non-hydrogen) atoms. The summed E-state index contributed by atoms with van der Waals surface area (Å²) in [6, 6.07) is 5.35. The van der Waals surface area contributed by atoms with Gasteiger partial charge in [0.15, 0.2) is 0 Å². The Bertz CT molecular complexity index is 849. The van der Waals surface area contributed by atoms with Crippen molar-refractivity contribution >= 4 is 22.7 Å². The van der Waals surface area contributed by atoms with Gasteiger partial charge in [-0.2, -0.15) is 0 Å². The average molecular weight is 386 g/mol.